The zero-order chi connectivity index (χ0) is 10.7. The van der Waals surface area contributed by atoms with Gasteiger partial charge in [0.1, 0.15) is 6.33 Å². The predicted molar refractivity (Wildman–Crippen MR) is 61.7 cm³/mol. The van der Waals surface area contributed by atoms with Crippen molar-refractivity contribution in [2.75, 3.05) is 0 Å². The van der Waals surface area contributed by atoms with Crippen LogP contribution in [-0.2, 0) is 0 Å². The zero-order valence-corrected chi connectivity index (χ0v) is 9.15. The van der Waals surface area contributed by atoms with Crippen molar-refractivity contribution in [2.45, 2.75) is 0 Å². The van der Waals surface area contributed by atoms with Gasteiger partial charge in [-0.3, -0.25) is 0 Å². The topological polar surface area (TPSA) is 30.7 Å². The lowest BCUT2D eigenvalue weighted by atomic mass is 10.2. The molecule has 3 nitrogen and oxygen atoms in total. The lowest BCUT2D eigenvalue weighted by molar-refractivity contribution is 0.938. The summed E-state index contributed by atoms with van der Waals surface area (Å²) < 4.78 is 1.53. The molecule has 1 heterocycles. The Bertz CT molecular complexity index is 491. The summed E-state index contributed by atoms with van der Waals surface area (Å²) in [5.74, 6) is 0.618. The van der Waals surface area contributed by atoms with Gasteiger partial charge in [0.15, 0.2) is 5.82 Å². The molecule has 0 aliphatic carbocycles. The number of hydrogen-bond acceptors (Lipinski definition) is 2. The first-order valence-corrected chi connectivity index (χ1v) is 5.05. The lowest BCUT2D eigenvalue weighted by Gasteiger charge is -1.94. The second-order valence-electron chi connectivity index (χ2n) is 2.83. The molecule has 2 aromatic rings. The normalized spacial score (nSPS) is 11.1. The molecule has 0 amide bonds. The van der Waals surface area contributed by atoms with E-state index in [0.29, 0.717) is 10.8 Å². The maximum atomic E-state index is 5.87. The standard InChI is InChI=1S/C10H7Cl2N3/c11-4-5-15-7-13-10(14-15)8-2-1-3-9(12)6-8/h1-7H/b5-4-. The molecule has 0 N–H and O–H groups in total. The Labute approximate surface area is 97.0 Å². The number of aromatic nitrogens is 3. The smallest absolute Gasteiger partial charge is 0.181 e. The summed E-state index contributed by atoms with van der Waals surface area (Å²) in [6.45, 7) is 0. The molecular formula is C10H7Cl2N3. The number of halogens is 2. The lowest BCUT2D eigenvalue weighted by Crippen LogP contribution is -1.86. The molecular weight excluding hydrogens is 233 g/mol. The molecule has 0 aliphatic heterocycles. The van der Waals surface area contributed by atoms with E-state index in [1.807, 2.05) is 18.2 Å². The molecule has 1 aromatic heterocycles. The van der Waals surface area contributed by atoms with Crippen LogP contribution in [0.3, 0.4) is 0 Å². The van der Waals surface area contributed by atoms with Gasteiger partial charge in [-0.05, 0) is 12.1 Å². The van der Waals surface area contributed by atoms with Crippen LogP contribution in [0.25, 0.3) is 17.6 Å². The third kappa shape index (κ3) is 2.37. The number of benzene rings is 1. The van der Waals surface area contributed by atoms with Gasteiger partial charge in [-0.25, -0.2) is 9.67 Å². The Morgan fingerprint density at radius 1 is 1.33 bits per heavy atom. The molecule has 0 radical (unpaired) electrons. The minimum absolute atomic E-state index is 0.618. The third-order valence-corrected chi connectivity index (χ3v) is 2.15. The Hall–Kier alpha value is -1.32. The van der Waals surface area contributed by atoms with Crippen molar-refractivity contribution in [3.8, 4) is 11.4 Å². The number of nitrogens with zero attached hydrogens (tertiary/aromatic N) is 3. The third-order valence-electron chi connectivity index (χ3n) is 1.80. The first-order valence-electron chi connectivity index (χ1n) is 4.23. The average molecular weight is 240 g/mol. The summed E-state index contributed by atoms with van der Waals surface area (Å²) >= 11 is 11.3. The Kier molecular flexibility index (Phi) is 3.04. The molecule has 1 aromatic carbocycles. The Morgan fingerprint density at radius 2 is 2.20 bits per heavy atom. The summed E-state index contributed by atoms with van der Waals surface area (Å²) in [7, 11) is 0. The minimum Gasteiger partial charge on any atom is -0.227 e. The molecule has 0 fully saturated rings. The summed E-state index contributed by atoms with van der Waals surface area (Å²) in [6.07, 6.45) is 3.18. The summed E-state index contributed by atoms with van der Waals surface area (Å²) in [5.41, 5.74) is 2.25. The molecule has 0 atom stereocenters. The number of hydrogen-bond donors (Lipinski definition) is 0. The van der Waals surface area contributed by atoms with Gasteiger partial charge in [0.25, 0.3) is 0 Å². The van der Waals surface area contributed by atoms with E-state index >= 15 is 0 Å². The van der Waals surface area contributed by atoms with E-state index in [9.17, 15) is 0 Å². The van der Waals surface area contributed by atoms with E-state index in [1.165, 1.54) is 10.2 Å². The SMILES string of the molecule is Cl/C=C\n1cnc(-c2cccc(Cl)c2)n1. The average Bonchev–Trinajstić information content (AvgIpc) is 2.67. The highest BCUT2D eigenvalue weighted by atomic mass is 35.5. The van der Waals surface area contributed by atoms with E-state index in [0.717, 1.165) is 5.56 Å². The van der Waals surface area contributed by atoms with Crippen molar-refractivity contribution in [2.24, 2.45) is 0 Å². The fraction of sp³-hybridized carbons (Fsp3) is 0. The van der Waals surface area contributed by atoms with Crippen molar-refractivity contribution < 1.29 is 0 Å². The van der Waals surface area contributed by atoms with Gasteiger partial charge in [0.2, 0.25) is 0 Å². The highest BCUT2D eigenvalue weighted by Gasteiger charge is 2.02. The van der Waals surface area contributed by atoms with Crippen LogP contribution in [0.2, 0.25) is 5.02 Å². The van der Waals surface area contributed by atoms with E-state index in [2.05, 4.69) is 10.1 Å². The van der Waals surface area contributed by atoms with Crippen molar-refractivity contribution in [3.63, 3.8) is 0 Å². The van der Waals surface area contributed by atoms with Crippen molar-refractivity contribution in [1.29, 1.82) is 0 Å². The molecule has 0 bridgehead atoms. The van der Waals surface area contributed by atoms with Crippen LogP contribution >= 0.6 is 23.2 Å². The first-order chi connectivity index (χ1) is 7.29. The zero-order valence-electron chi connectivity index (χ0n) is 7.64. The second kappa shape index (κ2) is 4.47. The fourth-order valence-corrected chi connectivity index (χ4v) is 1.47. The monoisotopic (exact) mass is 239 g/mol. The molecule has 0 unspecified atom stereocenters. The molecule has 76 valence electrons. The molecule has 0 saturated heterocycles. The van der Waals surface area contributed by atoms with Crippen molar-refractivity contribution in [3.05, 3.63) is 41.2 Å². The van der Waals surface area contributed by atoms with Crippen LogP contribution in [0.5, 0.6) is 0 Å². The highest BCUT2D eigenvalue weighted by Crippen LogP contribution is 2.18. The van der Waals surface area contributed by atoms with Crippen LogP contribution in [0, 0.1) is 0 Å². The molecule has 2 rings (SSSR count). The van der Waals surface area contributed by atoms with Gasteiger partial charge in [-0.15, -0.1) is 5.10 Å². The van der Waals surface area contributed by atoms with Crippen LogP contribution < -0.4 is 0 Å². The van der Waals surface area contributed by atoms with Crippen molar-refractivity contribution in [1.82, 2.24) is 14.8 Å². The number of rotatable bonds is 2. The second-order valence-corrected chi connectivity index (χ2v) is 3.52. The van der Waals surface area contributed by atoms with Gasteiger partial charge < -0.3 is 0 Å². The quantitative estimate of drug-likeness (QED) is 0.806. The van der Waals surface area contributed by atoms with E-state index < -0.39 is 0 Å². The molecule has 0 spiro atoms. The summed E-state index contributed by atoms with van der Waals surface area (Å²) in [5, 5.41) is 4.85. The summed E-state index contributed by atoms with van der Waals surface area (Å²) in [4.78, 5) is 4.13. The molecule has 0 aliphatic rings. The molecule has 0 saturated carbocycles. The van der Waals surface area contributed by atoms with Crippen molar-refractivity contribution >= 4 is 29.4 Å². The largest absolute Gasteiger partial charge is 0.227 e. The Morgan fingerprint density at radius 3 is 2.93 bits per heavy atom. The maximum absolute atomic E-state index is 5.87. The van der Waals surface area contributed by atoms with Crippen LogP contribution in [0.1, 0.15) is 0 Å². The van der Waals surface area contributed by atoms with Crippen LogP contribution in [0.4, 0.5) is 0 Å². The fourth-order valence-electron chi connectivity index (χ4n) is 1.16. The van der Waals surface area contributed by atoms with E-state index in [-0.39, 0.29) is 0 Å². The van der Waals surface area contributed by atoms with Gasteiger partial charge in [0.05, 0.1) is 0 Å². The van der Waals surface area contributed by atoms with Gasteiger partial charge in [-0.2, -0.15) is 0 Å². The van der Waals surface area contributed by atoms with Crippen LogP contribution in [0.15, 0.2) is 36.1 Å². The van der Waals surface area contributed by atoms with Gasteiger partial charge >= 0.3 is 0 Å². The maximum Gasteiger partial charge on any atom is 0.181 e. The van der Waals surface area contributed by atoms with Crippen LogP contribution in [-0.4, -0.2) is 14.8 Å². The highest BCUT2D eigenvalue weighted by molar-refractivity contribution is 6.30. The predicted octanol–water partition coefficient (Wildman–Crippen LogP) is 3.27. The van der Waals surface area contributed by atoms with E-state index in [4.69, 9.17) is 23.2 Å². The summed E-state index contributed by atoms with van der Waals surface area (Å²) in [6, 6.07) is 7.37. The molecule has 5 heteroatoms. The first kappa shape index (κ1) is 10.2. The Balaban J connectivity index is 2.37. The molecule has 15 heavy (non-hydrogen) atoms. The van der Waals surface area contributed by atoms with Gasteiger partial charge in [-0.1, -0.05) is 35.3 Å². The van der Waals surface area contributed by atoms with E-state index in [1.54, 1.807) is 18.6 Å². The van der Waals surface area contributed by atoms with Gasteiger partial charge in [0, 0.05) is 22.3 Å². The minimum atomic E-state index is 0.618.